The molecule has 2 rings (SSSR count). The van der Waals surface area contributed by atoms with Crippen molar-refractivity contribution in [3.8, 4) is 0 Å². The normalized spacial score (nSPS) is 13.5. The van der Waals surface area contributed by atoms with Gasteiger partial charge < -0.3 is 5.11 Å². The summed E-state index contributed by atoms with van der Waals surface area (Å²) in [6, 6.07) is 5.82. The Morgan fingerprint density at radius 1 is 1.50 bits per heavy atom. The molecule has 0 saturated carbocycles. The van der Waals surface area contributed by atoms with Crippen LogP contribution in [0, 0.1) is 0 Å². The summed E-state index contributed by atoms with van der Waals surface area (Å²) >= 11 is 1.44. The quantitative estimate of drug-likeness (QED) is 0.729. The number of benzene rings is 1. The van der Waals surface area contributed by atoms with Crippen molar-refractivity contribution >= 4 is 22.4 Å². The van der Waals surface area contributed by atoms with Crippen LogP contribution < -0.4 is 0 Å². The predicted molar refractivity (Wildman–Crippen MR) is 50.3 cm³/mol. The van der Waals surface area contributed by atoms with Crippen molar-refractivity contribution in [3.63, 3.8) is 0 Å². The third kappa shape index (κ3) is 1.21. The number of rotatable bonds is 1. The van der Waals surface area contributed by atoms with Crippen LogP contribution in [0.15, 0.2) is 23.6 Å². The Bertz CT molecular complexity index is 394. The van der Waals surface area contributed by atoms with Gasteiger partial charge in [0.05, 0.1) is 11.6 Å². The Labute approximate surface area is 74.6 Å². The summed E-state index contributed by atoms with van der Waals surface area (Å²) < 4.78 is 4.18. The van der Waals surface area contributed by atoms with E-state index in [0.717, 1.165) is 16.5 Å². The Kier molecular flexibility index (Phi) is 1.83. The third-order valence-electron chi connectivity index (χ3n) is 1.86. The molecule has 1 unspecified atom stereocenters. The van der Waals surface area contributed by atoms with E-state index < -0.39 is 6.10 Å². The van der Waals surface area contributed by atoms with Crippen LogP contribution in [-0.4, -0.2) is 9.48 Å². The minimum absolute atomic E-state index is 0.394. The van der Waals surface area contributed by atoms with Gasteiger partial charge in [0.1, 0.15) is 0 Å². The van der Waals surface area contributed by atoms with Crippen LogP contribution in [0.1, 0.15) is 18.6 Å². The summed E-state index contributed by atoms with van der Waals surface area (Å²) in [6.45, 7) is 1.76. The van der Waals surface area contributed by atoms with Crippen molar-refractivity contribution in [2.75, 3.05) is 0 Å². The Hall–Kier alpha value is -0.930. The maximum Gasteiger partial charge on any atom is 0.0840 e. The zero-order valence-electron chi connectivity index (χ0n) is 6.69. The fourth-order valence-electron chi connectivity index (χ4n) is 1.15. The number of aromatic nitrogens is 1. The van der Waals surface area contributed by atoms with Crippen molar-refractivity contribution in [1.29, 1.82) is 0 Å². The fourth-order valence-corrected chi connectivity index (χ4v) is 1.79. The molecule has 0 saturated heterocycles. The van der Waals surface area contributed by atoms with Crippen molar-refractivity contribution in [3.05, 3.63) is 29.1 Å². The van der Waals surface area contributed by atoms with E-state index in [-0.39, 0.29) is 0 Å². The number of aliphatic hydroxyl groups is 1. The first-order chi connectivity index (χ1) is 5.77. The Balaban J connectivity index is 2.60. The van der Waals surface area contributed by atoms with E-state index in [0.29, 0.717) is 0 Å². The van der Waals surface area contributed by atoms with E-state index in [1.54, 1.807) is 6.92 Å². The van der Waals surface area contributed by atoms with Gasteiger partial charge >= 0.3 is 0 Å². The van der Waals surface area contributed by atoms with E-state index in [1.165, 1.54) is 11.5 Å². The molecule has 1 aromatic heterocycles. The lowest BCUT2D eigenvalue weighted by Gasteiger charge is -2.02. The zero-order valence-corrected chi connectivity index (χ0v) is 7.51. The van der Waals surface area contributed by atoms with Gasteiger partial charge in [-0.05, 0) is 36.2 Å². The lowest BCUT2D eigenvalue weighted by Crippen LogP contribution is -1.89. The van der Waals surface area contributed by atoms with Crippen LogP contribution >= 0.6 is 11.5 Å². The monoisotopic (exact) mass is 179 g/mol. The number of nitrogens with zero attached hydrogens (tertiary/aromatic N) is 1. The maximum absolute atomic E-state index is 9.30. The highest BCUT2D eigenvalue weighted by Crippen LogP contribution is 2.20. The highest BCUT2D eigenvalue weighted by atomic mass is 32.1. The minimum Gasteiger partial charge on any atom is -0.389 e. The molecule has 0 radical (unpaired) electrons. The van der Waals surface area contributed by atoms with Gasteiger partial charge in [-0.3, -0.25) is 0 Å². The maximum atomic E-state index is 9.30. The van der Waals surface area contributed by atoms with Crippen molar-refractivity contribution in [2.45, 2.75) is 13.0 Å². The van der Waals surface area contributed by atoms with Crippen LogP contribution in [0.3, 0.4) is 0 Å². The summed E-state index contributed by atoms with van der Waals surface area (Å²) in [5.74, 6) is 0. The second-order valence-electron chi connectivity index (χ2n) is 2.81. The molecular weight excluding hydrogens is 170 g/mol. The highest BCUT2D eigenvalue weighted by Gasteiger charge is 2.02. The average Bonchev–Trinajstić information content (AvgIpc) is 2.49. The van der Waals surface area contributed by atoms with Gasteiger partial charge in [-0.25, -0.2) is 0 Å². The van der Waals surface area contributed by atoms with E-state index in [1.807, 2.05) is 23.6 Å². The molecule has 2 nitrogen and oxygen atoms in total. The molecule has 0 bridgehead atoms. The summed E-state index contributed by atoms with van der Waals surface area (Å²) in [5.41, 5.74) is 1.95. The average molecular weight is 179 g/mol. The highest BCUT2D eigenvalue weighted by molar-refractivity contribution is 7.04. The lowest BCUT2D eigenvalue weighted by atomic mass is 10.1. The molecule has 0 aliphatic carbocycles. The topological polar surface area (TPSA) is 33.1 Å². The molecule has 0 fully saturated rings. The first-order valence-electron chi connectivity index (χ1n) is 3.79. The molecule has 0 amide bonds. The second kappa shape index (κ2) is 2.84. The minimum atomic E-state index is -0.394. The van der Waals surface area contributed by atoms with E-state index >= 15 is 0 Å². The molecule has 1 aromatic carbocycles. The molecule has 2 aromatic rings. The summed E-state index contributed by atoms with van der Waals surface area (Å²) in [4.78, 5) is 0. The van der Waals surface area contributed by atoms with E-state index in [9.17, 15) is 5.11 Å². The first-order valence-corrected chi connectivity index (χ1v) is 4.63. The van der Waals surface area contributed by atoms with Gasteiger partial charge in [0.25, 0.3) is 0 Å². The lowest BCUT2D eigenvalue weighted by molar-refractivity contribution is 0.199. The summed E-state index contributed by atoms with van der Waals surface area (Å²) in [6.07, 6.45) is -0.394. The van der Waals surface area contributed by atoms with Crippen LogP contribution in [0.25, 0.3) is 10.9 Å². The third-order valence-corrected chi connectivity index (χ3v) is 2.53. The standard InChI is InChI=1S/C9H9NOS/c1-6(11)7-2-3-9-8(4-7)5-12-10-9/h2-6,11H,1H3. The molecule has 1 atom stereocenters. The molecule has 12 heavy (non-hydrogen) atoms. The van der Waals surface area contributed by atoms with Gasteiger partial charge in [-0.2, -0.15) is 4.37 Å². The molecule has 3 heteroatoms. The van der Waals surface area contributed by atoms with Crippen LogP contribution in [0.5, 0.6) is 0 Å². The number of hydrogen-bond donors (Lipinski definition) is 1. The van der Waals surface area contributed by atoms with Gasteiger partial charge in [-0.1, -0.05) is 6.07 Å². The van der Waals surface area contributed by atoms with Gasteiger partial charge in [0.2, 0.25) is 0 Å². The van der Waals surface area contributed by atoms with Gasteiger partial charge in [0.15, 0.2) is 0 Å². The smallest absolute Gasteiger partial charge is 0.0840 e. The van der Waals surface area contributed by atoms with Crippen molar-refractivity contribution < 1.29 is 5.11 Å². The van der Waals surface area contributed by atoms with Gasteiger partial charge in [-0.15, -0.1) is 0 Å². The molecule has 0 aliphatic rings. The first kappa shape index (κ1) is 7.71. The largest absolute Gasteiger partial charge is 0.389 e. The van der Waals surface area contributed by atoms with E-state index in [2.05, 4.69) is 4.37 Å². The van der Waals surface area contributed by atoms with Crippen LogP contribution in [0.2, 0.25) is 0 Å². The second-order valence-corrected chi connectivity index (χ2v) is 3.44. The number of fused-ring (bicyclic) bond motifs is 1. The van der Waals surface area contributed by atoms with E-state index in [4.69, 9.17) is 0 Å². The molecule has 0 spiro atoms. The Morgan fingerprint density at radius 3 is 3.08 bits per heavy atom. The number of hydrogen-bond acceptors (Lipinski definition) is 3. The predicted octanol–water partition coefficient (Wildman–Crippen LogP) is 2.35. The summed E-state index contributed by atoms with van der Waals surface area (Å²) in [7, 11) is 0. The van der Waals surface area contributed by atoms with Crippen molar-refractivity contribution in [1.82, 2.24) is 4.37 Å². The van der Waals surface area contributed by atoms with Crippen LogP contribution in [-0.2, 0) is 0 Å². The SMILES string of the molecule is CC(O)c1ccc2nscc2c1. The molecule has 1 heterocycles. The molecule has 0 aliphatic heterocycles. The summed E-state index contributed by atoms with van der Waals surface area (Å²) in [5, 5.41) is 12.4. The molecular formula is C9H9NOS. The van der Waals surface area contributed by atoms with Crippen molar-refractivity contribution in [2.24, 2.45) is 0 Å². The zero-order chi connectivity index (χ0) is 8.55. The number of aliphatic hydroxyl groups excluding tert-OH is 1. The fraction of sp³-hybridized carbons (Fsp3) is 0.222. The van der Waals surface area contributed by atoms with Crippen LogP contribution in [0.4, 0.5) is 0 Å². The van der Waals surface area contributed by atoms with Gasteiger partial charge in [0, 0.05) is 10.8 Å². The molecule has 1 N–H and O–H groups in total. The molecule has 62 valence electrons. The Morgan fingerprint density at radius 2 is 2.33 bits per heavy atom.